The van der Waals surface area contributed by atoms with E-state index in [9.17, 15) is 0 Å². The molecule has 0 spiro atoms. The molecule has 3 fully saturated rings. The van der Waals surface area contributed by atoms with E-state index in [1.807, 2.05) is 0 Å². The quantitative estimate of drug-likeness (QED) is 0.776. The first-order valence-electron chi connectivity index (χ1n) is 11.0. The number of likely N-dealkylation sites (tertiary alicyclic amines) is 2. The first kappa shape index (κ1) is 18.4. The van der Waals surface area contributed by atoms with Crippen LogP contribution in [0.4, 0.5) is 0 Å². The highest BCUT2D eigenvalue weighted by molar-refractivity contribution is 5.09. The molecule has 0 aromatic carbocycles. The van der Waals surface area contributed by atoms with Crippen LogP contribution < -0.4 is 0 Å². The number of hydrogen-bond donors (Lipinski definition) is 0. The van der Waals surface area contributed by atoms with Gasteiger partial charge in [0.2, 0.25) is 0 Å². The van der Waals surface area contributed by atoms with Crippen LogP contribution in [0.1, 0.15) is 82.9 Å². The molecule has 2 saturated heterocycles. The number of hydrogen-bond acceptors (Lipinski definition) is 4. The summed E-state index contributed by atoms with van der Waals surface area (Å²) in [5.41, 5.74) is 1.61. The summed E-state index contributed by atoms with van der Waals surface area (Å²) in [7, 11) is 0. The minimum Gasteiger partial charge on any atom is -0.303 e. The van der Waals surface area contributed by atoms with Gasteiger partial charge in [-0.3, -0.25) is 0 Å². The molecule has 0 radical (unpaired) electrons. The van der Waals surface area contributed by atoms with E-state index in [-0.39, 0.29) is 0 Å². The topological polar surface area (TPSA) is 37.2 Å². The lowest BCUT2D eigenvalue weighted by Gasteiger charge is -2.39. The van der Waals surface area contributed by atoms with Crippen LogP contribution in [0.25, 0.3) is 0 Å². The molecule has 3 heterocycles. The summed E-state index contributed by atoms with van der Waals surface area (Å²) in [6.45, 7) is 12.4. The Morgan fingerprint density at radius 3 is 2.12 bits per heavy atom. The predicted octanol–water partition coefficient (Wildman–Crippen LogP) is 3.69. The van der Waals surface area contributed by atoms with Crippen LogP contribution in [-0.2, 0) is 0 Å². The summed E-state index contributed by atoms with van der Waals surface area (Å²) >= 11 is 0. The summed E-state index contributed by atoms with van der Waals surface area (Å²) < 4.78 is 2.16. The Morgan fingerprint density at radius 1 is 0.885 bits per heavy atom. The molecule has 5 heteroatoms. The molecule has 4 rings (SSSR count). The third-order valence-electron chi connectivity index (χ3n) is 6.46. The number of nitrogens with zero attached hydrogens (tertiary/aromatic N) is 5. The van der Waals surface area contributed by atoms with E-state index in [0.29, 0.717) is 17.4 Å². The van der Waals surface area contributed by atoms with E-state index in [1.54, 1.807) is 0 Å². The molecule has 146 valence electrons. The van der Waals surface area contributed by atoms with Crippen LogP contribution in [0, 0.1) is 5.41 Å². The zero-order chi connectivity index (χ0) is 18.0. The summed E-state index contributed by atoms with van der Waals surface area (Å²) in [4.78, 5) is 5.40. The molecule has 1 saturated carbocycles. The second-order valence-corrected chi connectivity index (χ2v) is 9.76. The summed E-state index contributed by atoms with van der Waals surface area (Å²) in [6, 6.07) is 0.556. The van der Waals surface area contributed by atoms with Crippen LogP contribution >= 0.6 is 0 Å². The van der Waals surface area contributed by atoms with Gasteiger partial charge in [0.25, 0.3) is 0 Å². The molecule has 26 heavy (non-hydrogen) atoms. The van der Waals surface area contributed by atoms with Crippen molar-refractivity contribution in [2.75, 3.05) is 39.3 Å². The molecular weight excluding hydrogens is 322 g/mol. The highest BCUT2D eigenvalue weighted by Gasteiger charge is 2.30. The molecule has 1 aliphatic carbocycles. The normalized spacial score (nSPS) is 24.7. The SMILES string of the molecule is CC(C)(CN1CCCCCC1)CN1CCC(n2cc(C3CC3)nn2)CC1. The molecule has 1 aromatic heterocycles. The fraction of sp³-hybridized carbons (Fsp3) is 0.905. The van der Waals surface area contributed by atoms with Crippen LogP contribution in [0.5, 0.6) is 0 Å². The van der Waals surface area contributed by atoms with E-state index < -0.39 is 0 Å². The van der Waals surface area contributed by atoms with Crippen LogP contribution in [0.3, 0.4) is 0 Å². The maximum absolute atomic E-state index is 4.43. The third-order valence-corrected chi connectivity index (χ3v) is 6.46. The second kappa shape index (κ2) is 7.97. The van der Waals surface area contributed by atoms with Crippen molar-refractivity contribution in [3.8, 4) is 0 Å². The lowest BCUT2D eigenvalue weighted by atomic mass is 9.90. The molecule has 0 atom stereocenters. The highest BCUT2D eigenvalue weighted by atomic mass is 15.4. The van der Waals surface area contributed by atoms with Crippen molar-refractivity contribution in [2.45, 2.75) is 77.2 Å². The molecule has 5 nitrogen and oxygen atoms in total. The Kier molecular flexibility index (Phi) is 5.65. The smallest absolute Gasteiger partial charge is 0.0858 e. The van der Waals surface area contributed by atoms with Gasteiger partial charge in [0.05, 0.1) is 11.7 Å². The number of aromatic nitrogens is 3. The third kappa shape index (κ3) is 4.86. The van der Waals surface area contributed by atoms with Gasteiger partial charge in [-0.05, 0) is 57.0 Å². The van der Waals surface area contributed by atoms with Gasteiger partial charge in [-0.25, -0.2) is 4.68 Å². The van der Waals surface area contributed by atoms with Crippen LogP contribution in [-0.4, -0.2) is 64.1 Å². The number of rotatable bonds is 6. The van der Waals surface area contributed by atoms with E-state index in [4.69, 9.17) is 0 Å². The molecule has 0 unspecified atom stereocenters. The summed E-state index contributed by atoms with van der Waals surface area (Å²) in [5, 5.41) is 8.83. The van der Waals surface area contributed by atoms with E-state index >= 15 is 0 Å². The Bertz CT molecular complexity index is 561. The van der Waals surface area contributed by atoms with E-state index in [0.717, 1.165) is 0 Å². The monoisotopic (exact) mass is 359 g/mol. The Morgan fingerprint density at radius 2 is 1.50 bits per heavy atom. The van der Waals surface area contributed by atoms with E-state index in [1.165, 1.54) is 96.3 Å². The fourth-order valence-corrected chi connectivity index (χ4v) is 4.93. The molecule has 0 bridgehead atoms. The van der Waals surface area contributed by atoms with Crippen molar-refractivity contribution < 1.29 is 0 Å². The van der Waals surface area contributed by atoms with Crippen LogP contribution in [0.2, 0.25) is 0 Å². The van der Waals surface area contributed by atoms with Gasteiger partial charge in [-0.2, -0.15) is 0 Å². The van der Waals surface area contributed by atoms with Gasteiger partial charge >= 0.3 is 0 Å². The average Bonchev–Trinajstić information content (AvgIpc) is 3.39. The van der Waals surface area contributed by atoms with E-state index in [2.05, 4.69) is 44.8 Å². The maximum atomic E-state index is 4.43. The Balaban J connectivity index is 1.24. The molecular formula is C21H37N5. The van der Waals surface area contributed by atoms with Gasteiger partial charge in [0.1, 0.15) is 0 Å². The van der Waals surface area contributed by atoms with Gasteiger partial charge in [-0.15, -0.1) is 5.10 Å². The number of piperidine rings is 1. The minimum absolute atomic E-state index is 0.379. The molecule has 0 N–H and O–H groups in total. The van der Waals surface area contributed by atoms with Crippen molar-refractivity contribution in [2.24, 2.45) is 5.41 Å². The lowest BCUT2D eigenvalue weighted by molar-refractivity contribution is 0.0951. The molecule has 1 aromatic rings. The lowest BCUT2D eigenvalue weighted by Crippen LogP contribution is -2.45. The molecule has 2 aliphatic heterocycles. The molecule has 3 aliphatic rings. The van der Waals surface area contributed by atoms with Crippen LogP contribution in [0.15, 0.2) is 6.20 Å². The standard InChI is InChI=1S/C21H37N5/c1-21(2,16-24-11-5-3-4-6-12-24)17-25-13-9-19(10-14-25)26-15-20(22-23-26)18-7-8-18/h15,18-19H,3-14,16-17H2,1-2H3. The Labute approximate surface area is 159 Å². The van der Waals surface area contributed by atoms with Crippen molar-refractivity contribution >= 4 is 0 Å². The maximum Gasteiger partial charge on any atom is 0.0858 e. The first-order valence-corrected chi connectivity index (χ1v) is 11.0. The molecule has 0 amide bonds. The van der Waals surface area contributed by atoms with Crippen molar-refractivity contribution in [1.82, 2.24) is 24.8 Å². The fourth-order valence-electron chi connectivity index (χ4n) is 4.93. The zero-order valence-electron chi connectivity index (χ0n) is 16.9. The van der Waals surface area contributed by atoms with Gasteiger partial charge in [-0.1, -0.05) is 31.9 Å². The minimum atomic E-state index is 0.379. The summed E-state index contributed by atoms with van der Waals surface area (Å²) in [6.07, 6.45) is 12.9. The van der Waals surface area contributed by atoms with Gasteiger partial charge < -0.3 is 9.80 Å². The Hall–Kier alpha value is -0.940. The average molecular weight is 360 g/mol. The van der Waals surface area contributed by atoms with Gasteiger partial charge in [0.15, 0.2) is 0 Å². The second-order valence-electron chi connectivity index (χ2n) is 9.76. The predicted molar refractivity (Wildman–Crippen MR) is 105 cm³/mol. The zero-order valence-corrected chi connectivity index (χ0v) is 16.9. The highest BCUT2D eigenvalue weighted by Crippen LogP contribution is 2.39. The largest absolute Gasteiger partial charge is 0.303 e. The van der Waals surface area contributed by atoms with Crippen molar-refractivity contribution in [3.63, 3.8) is 0 Å². The van der Waals surface area contributed by atoms with Crippen molar-refractivity contribution in [1.29, 1.82) is 0 Å². The first-order chi connectivity index (χ1) is 12.6. The summed E-state index contributed by atoms with van der Waals surface area (Å²) in [5.74, 6) is 0.712. The van der Waals surface area contributed by atoms with Crippen molar-refractivity contribution in [3.05, 3.63) is 11.9 Å². The van der Waals surface area contributed by atoms with Gasteiger partial charge in [0, 0.05) is 38.3 Å².